The molecule has 0 saturated carbocycles. The molecule has 1 aromatic rings. The van der Waals surface area contributed by atoms with Crippen LogP contribution >= 0.6 is 0 Å². The Balaban J connectivity index is 2.72. The Morgan fingerprint density at radius 2 is 1.79 bits per heavy atom. The van der Waals surface area contributed by atoms with Crippen LogP contribution in [0.25, 0.3) is 0 Å². The zero-order valence-electron chi connectivity index (χ0n) is 15.1. The van der Waals surface area contributed by atoms with Gasteiger partial charge >= 0.3 is 0 Å². The quantitative estimate of drug-likeness (QED) is 0.661. The van der Waals surface area contributed by atoms with Crippen LogP contribution in [0.15, 0.2) is 17.0 Å². The number of amides is 1. The molecule has 136 valence electrons. The number of nitrogens with one attached hydrogen (secondary N) is 2. The van der Waals surface area contributed by atoms with Gasteiger partial charge in [-0.1, -0.05) is 17.7 Å². The summed E-state index contributed by atoms with van der Waals surface area (Å²) in [5.41, 5.74) is 2.35. The van der Waals surface area contributed by atoms with E-state index in [0.717, 1.165) is 5.56 Å². The monoisotopic (exact) mass is 356 g/mol. The Morgan fingerprint density at radius 1 is 1.21 bits per heavy atom. The zero-order chi connectivity index (χ0) is 18.3. The lowest BCUT2D eigenvalue weighted by Crippen LogP contribution is -2.45. The molecule has 1 amide bonds. The number of rotatable bonds is 9. The van der Waals surface area contributed by atoms with E-state index < -0.39 is 16.1 Å². The summed E-state index contributed by atoms with van der Waals surface area (Å²) in [7, 11) is -3.76. The maximum absolute atomic E-state index is 12.6. The van der Waals surface area contributed by atoms with Crippen molar-refractivity contribution in [1.82, 2.24) is 10.0 Å². The molecule has 6 nitrogen and oxygen atoms in total. The van der Waals surface area contributed by atoms with Crippen molar-refractivity contribution in [3.8, 4) is 0 Å². The van der Waals surface area contributed by atoms with E-state index in [9.17, 15) is 13.2 Å². The Morgan fingerprint density at radius 3 is 2.33 bits per heavy atom. The molecule has 0 aliphatic heterocycles. The molecule has 0 aliphatic rings. The van der Waals surface area contributed by atoms with Crippen molar-refractivity contribution in [1.29, 1.82) is 0 Å². The Labute approximate surface area is 145 Å². The second kappa shape index (κ2) is 9.15. The lowest BCUT2D eigenvalue weighted by molar-refractivity contribution is -0.122. The summed E-state index contributed by atoms with van der Waals surface area (Å²) in [6.07, 6.45) is 0.690. The second-order valence-electron chi connectivity index (χ2n) is 5.91. The van der Waals surface area contributed by atoms with Gasteiger partial charge in [0, 0.05) is 19.8 Å². The zero-order valence-corrected chi connectivity index (χ0v) is 15.9. The van der Waals surface area contributed by atoms with Crippen molar-refractivity contribution in [2.24, 2.45) is 0 Å². The van der Waals surface area contributed by atoms with E-state index in [4.69, 9.17) is 4.74 Å². The molecule has 1 unspecified atom stereocenters. The maximum atomic E-state index is 12.6. The molecule has 0 fully saturated rings. The SMILES string of the molecule is CCOCCCNC(=O)C(C)NS(=O)(=O)c1c(C)cc(C)cc1C. The van der Waals surface area contributed by atoms with Crippen LogP contribution in [0.4, 0.5) is 0 Å². The number of benzene rings is 1. The van der Waals surface area contributed by atoms with Crippen LogP contribution in [0.3, 0.4) is 0 Å². The second-order valence-corrected chi connectivity index (χ2v) is 7.56. The predicted molar refractivity (Wildman–Crippen MR) is 94.6 cm³/mol. The minimum Gasteiger partial charge on any atom is -0.382 e. The van der Waals surface area contributed by atoms with Crippen molar-refractivity contribution in [2.75, 3.05) is 19.8 Å². The highest BCUT2D eigenvalue weighted by Gasteiger charge is 2.24. The summed E-state index contributed by atoms with van der Waals surface area (Å²) in [6.45, 7) is 10.5. The Bertz CT molecular complexity index is 648. The van der Waals surface area contributed by atoms with E-state index in [-0.39, 0.29) is 10.8 Å². The minimum atomic E-state index is -3.76. The fraction of sp³-hybridized carbons (Fsp3) is 0.588. The molecule has 0 radical (unpaired) electrons. The third kappa shape index (κ3) is 5.89. The van der Waals surface area contributed by atoms with Gasteiger partial charge in [-0.15, -0.1) is 0 Å². The molecule has 1 rings (SSSR count). The van der Waals surface area contributed by atoms with Crippen LogP contribution in [0.1, 0.15) is 37.0 Å². The predicted octanol–water partition coefficient (Wildman–Crippen LogP) is 1.82. The van der Waals surface area contributed by atoms with Gasteiger partial charge in [0.2, 0.25) is 15.9 Å². The minimum absolute atomic E-state index is 0.240. The molecule has 0 heterocycles. The number of hydrogen-bond acceptors (Lipinski definition) is 4. The van der Waals surface area contributed by atoms with Crippen LogP contribution in [-0.4, -0.2) is 40.1 Å². The highest BCUT2D eigenvalue weighted by Crippen LogP contribution is 2.21. The van der Waals surface area contributed by atoms with Crippen LogP contribution in [0, 0.1) is 20.8 Å². The normalized spacial score (nSPS) is 12.9. The fourth-order valence-corrected chi connectivity index (χ4v) is 4.28. The molecule has 1 aromatic carbocycles. The Kier molecular flexibility index (Phi) is 7.86. The molecule has 0 saturated heterocycles. The van der Waals surface area contributed by atoms with Gasteiger partial charge in [0.1, 0.15) is 0 Å². The largest absolute Gasteiger partial charge is 0.382 e. The molecule has 1 atom stereocenters. The highest BCUT2D eigenvalue weighted by molar-refractivity contribution is 7.89. The number of hydrogen-bond donors (Lipinski definition) is 2. The number of aryl methyl sites for hydroxylation is 3. The van der Waals surface area contributed by atoms with Crippen LogP contribution < -0.4 is 10.0 Å². The Hall–Kier alpha value is -1.44. The summed E-state index contributed by atoms with van der Waals surface area (Å²) < 4.78 is 32.8. The molecule has 7 heteroatoms. The van der Waals surface area contributed by atoms with Gasteiger partial charge in [-0.2, -0.15) is 4.72 Å². The third-order valence-electron chi connectivity index (χ3n) is 3.57. The van der Waals surface area contributed by atoms with Crippen molar-refractivity contribution >= 4 is 15.9 Å². The van der Waals surface area contributed by atoms with Gasteiger partial charge in [0.15, 0.2) is 0 Å². The van der Waals surface area contributed by atoms with E-state index in [1.54, 1.807) is 13.8 Å². The van der Waals surface area contributed by atoms with Gasteiger partial charge < -0.3 is 10.1 Å². The number of ether oxygens (including phenoxy) is 1. The smallest absolute Gasteiger partial charge is 0.241 e. The van der Waals surface area contributed by atoms with Gasteiger partial charge in [0.25, 0.3) is 0 Å². The summed E-state index contributed by atoms with van der Waals surface area (Å²) >= 11 is 0. The van der Waals surface area contributed by atoms with Crippen LogP contribution in [0.5, 0.6) is 0 Å². The van der Waals surface area contributed by atoms with Gasteiger partial charge in [-0.25, -0.2) is 8.42 Å². The van der Waals surface area contributed by atoms with E-state index in [0.29, 0.717) is 37.3 Å². The first-order chi connectivity index (χ1) is 11.2. The average Bonchev–Trinajstić information content (AvgIpc) is 2.44. The van der Waals surface area contributed by atoms with E-state index >= 15 is 0 Å². The molecule has 2 N–H and O–H groups in total. The first-order valence-corrected chi connectivity index (χ1v) is 9.63. The molecule has 0 bridgehead atoms. The first-order valence-electron chi connectivity index (χ1n) is 8.14. The van der Waals surface area contributed by atoms with Crippen molar-refractivity contribution in [3.05, 3.63) is 28.8 Å². The van der Waals surface area contributed by atoms with Crippen molar-refractivity contribution in [3.63, 3.8) is 0 Å². The number of carbonyl (C=O) groups is 1. The topological polar surface area (TPSA) is 84.5 Å². The highest BCUT2D eigenvalue weighted by atomic mass is 32.2. The molecular weight excluding hydrogens is 328 g/mol. The number of sulfonamides is 1. The summed E-state index contributed by atoms with van der Waals surface area (Å²) in [5.74, 6) is -0.350. The first kappa shape index (κ1) is 20.6. The summed E-state index contributed by atoms with van der Waals surface area (Å²) in [6, 6.07) is 2.79. The third-order valence-corrected chi connectivity index (χ3v) is 5.41. The van der Waals surface area contributed by atoms with Crippen LogP contribution in [-0.2, 0) is 19.6 Å². The standard InChI is InChI=1S/C17H28N2O4S/c1-6-23-9-7-8-18-17(20)15(5)19-24(21,22)16-13(3)10-12(2)11-14(16)4/h10-11,15,19H,6-9H2,1-5H3,(H,18,20). The lowest BCUT2D eigenvalue weighted by atomic mass is 10.1. The molecule has 0 spiro atoms. The molecular formula is C17H28N2O4S. The summed E-state index contributed by atoms with van der Waals surface area (Å²) in [5, 5.41) is 2.71. The van der Waals surface area contributed by atoms with Crippen LogP contribution in [0.2, 0.25) is 0 Å². The lowest BCUT2D eigenvalue weighted by Gasteiger charge is -2.17. The van der Waals surface area contributed by atoms with Gasteiger partial charge in [-0.3, -0.25) is 4.79 Å². The van der Waals surface area contributed by atoms with E-state index in [1.165, 1.54) is 6.92 Å². The number of carbonyl (C=O) groups excluding carboxylic acids is 1. The van der Waals surface area contributed by atoms with Gasteiger partial charge in [-0.05, 0) is 52.2 Å². The summed E-state index contributed by atoms with van der Waals surface area (Å²) in [4.78, 5) is 12.3. The molecule has 24 heavy (non-hydrogen) atoms. The van der Waals surface area contributed by atoms with E-state index in [2.05, 4.69) is 10.0 Å². The molecule has 0 aliphatic carbocycles. The van der Waals surface area contributed by atoms with Gasteiger partial charge in [0.05, 0.1) is 10.9 Å². The average molecular weight is 356 g/mol. The fourth-order valence-electron chi connectivity index (χ4n) is 2.62. The maximum Gasteiger partial charge on any atom is 0.241 e. The van der Waals surface area contributed by atoms with E-state index in [1.807, 2.05) is 26.0 Å². The van der Waals surface area contributed by atoms with Crippen molar-refractivity contribution in [2.45, 2.75) is 52.0 Å². The molecule has 0 aromatic heterocycles. The van der Waals surface area contributed by atoms with Crippen molar-refractivity contribution < 1.29 is 17.9 Å².